The third kappa shape index (κ3) is 11.2. The minimum Gasteiger partial charge on any atom is -0.508 e. The summed E-state index contributed by atoms with van der Waals surface area (Å²) in [5.41, 5.74) is 0.983. The normalized spacial score (nSPS) is 9.77. The molecule has 0 saturated carbocycles. The van der Waals surface area contributed by atoms with Crippen LogP contribution in [0.3, 0.4) is 0 Å². The van der Waals surface area contributed by atoms with Crippen LogP contribution >= 0.6 is 11.6 Å². The van der Waals surface area contributed by atoms with E-state index in [-0.39, 0.29) is 41.4 Å². The summed E-state index contributed by atoms with van der Waals surface area (Å²) in [5, 5.41) is 40.3. The second-order valence-electron chi connectivity index (χ2n) is 7.41. The van der Waals surface area contributed by atoms with Gasteiger partial charge in [0.05, 0.1) is 33.0 Å². The molecule has 0 atom stereocenters. The molecule has 0 spiro atoms. The second-order valence-corrected chi connectivity index (χ2v) is 7.81. The number of nitrogens with zero attached hydrogens (tertiary/aromatic N) is 3. The molecule has 0 aromatic heterocycles. The van der Waals surface area contributed by atoms with Crippen molar-refractivity contribution in [3.8, 4) is 17.2 Å². The van der Waals surface area contributed by atoms with Gasteiger partial charge >= 0.3 is 0 Å². The van der Waals surface area contributed by atoms with Crippen LogP contribution in [-0.2, 0) is 9.47 Å². The number of ether oxygens (including phenoxy) is 4. The molecule has 15 heteroatoms. The van der Waals surface area contributed by atoms with Gasteiger partial charge in [-0.15, -0.1) is 0 Å². The molecule has 1 N–H and O–H groups in total. The molecule has 0 aliphatic heterocycles. The van der Waals surface area contributed by atoms with Crippen LogP contribution in [0.15, 0.2) is 54.6 Å². The monoisotopic (exact) mass is 567 g/mol. The number of methoxy groups -OCH3 is 2. The predicted molar refractivity (Wildman–Crippen MR) is 140 cm³/mol. The van der Waals surface area contributed by atoms with Crippen LogP contribution in [0.5, 0.6) is 17.2 Å². The first-order valence-electron chi connectivity index (χ1n) is 10.8. The van der Waals surface area contributed by atoms with Gasteiger partial charge in [-0.1, -0.05) is 11.6 Å². The molecule has 3 aromatic rings. The van der Waals surface area contributed by atoms with E-state index in [1.807, 2.05) is 0 Å². The summed E-state index contributed by atoms with van der Waals surface area (Å²) in [4.78, 5) is 29.8. The SMILES string of the molecule is COCOc1ccc(C)c([N+](=O)[O-])c1.COCOc1ccc(Cl)c([N+](=O)[O-])c1.Cc1ccc(O)cc1[N+](=O)[O-]. The van der Waals surface area contributed by atoms with E-state index in [2.05, 4.69) is 9.47 Å². The Balaban J connectivity index is 0.000000295. The second kappa shape index (κ2) is 16.3. The number of rotatable bonds is 9. The van der Waals surface area contributed by atoms with Gasteiger partial charge < -0.3 is 24.1 Å². The topological polar surface area (TPSA) is 187 Å². The van der Waals surface area contributed by atoms with E-state index in [1.54, 1.807) is 26.0 Å². The quantitative estimate of drug-likeness (QED) is 0.189. The van der Waals surface area contributed by atoms with Crippen molar-refractivity contribution in [3.05, 3.63) is 101 Å². The lowest BCUT2D eigenvalue weighted by atomic mass is 10.2. The van der Waals surface area contributed by atoms with E-state index in [1.165, 1.54) is 50.6 Å². The van der Waals surface area contributed by atoms with Gasteiger partial charge in [-0.2, -0.15) is 0 Å². The van der Waals surface area contributed by atoms with Crippen molar-refractivity contribution in [1.82, 2.24) is 0 Å². The zero-order valence-corrected chi connectivity index (χ0v) is 22.1. The highest BCUT2D eigenvalue weighted by molar-refractivity contribution is 6.32. The Morgan fingerprint density at radius 3 is 1.54 bits per heavy atom. The Kier molecular flexibility index (Phi) is 13.6. The summed E-state index contributed by atoms with van der Waals surface area (Å²) in [6.07, 6.45) is 0. The van der Waals surface area contributed by atoms with Gasteiger partial charge in [0.25, 0.3) is 17.1 Å². The summed E-state index contributed by atoms with van der Waals surface area (Å²) in [7, 11) is 2.95. The van der Waals surface area contributed by atoms with E-state index in [0.29, 0.717) is 22.6 Å². The highest BCUT2D eigenvalue weighted by Crippen LogP contribution is 2.28. The number of halogens is 1. The predicted octanol–water partition coefficient (Wildman–Crippen LogP) is 5.73. The molecule has 0 fully saturated rings. The molecule has 0 heterocycles. The van der Waals surface area contributed by atoms with Crippen LogP contribution in [0.2, 0.25) is 5.02 Å². The molecule has 0 aliphatic rings. The minimum absolute atomic E-state index is 0.0405. The molecule has 39 heavy (non-hydrogen) atoms. The van der Waals surface area contributed by atoms with Gasteiger partial charge in [-0.3, -0.25) is 30.3 Å². The number of nitro benzene ring substituents is 3. The van der Waals surface area contributed by atoms with E-state index in [4.69, 9.17) is 26.2 Å². The number of aryl methyl sites for hydroxylation is 2. The molecule has 3 rings (SSSR count). The van der Waals surface area contributed by atoms with Gasteiger partial charge in [-0.25, -0.2) is 0 Å². The molecule has 0 aliphatic carbocycles. The number of hydrogen-bond donors (Lipinski definition) is 1. The van der Waals surface area contributed by atoms with Crippen molar-refractivity contribution in [1.29, 1.82) is 0 Å². The van der Waals surface area contributed by atoms with Gasteiger partial charge in [0.2, 0.25) is 0 Å². The number of phenolic OH excluding ortho intramolecular Hbond substituents is 1. The lowest BCUT2D eigenvalue weighted by Crippen LogP contribution is -2.00. The molecule has 0 saturated heterocycles. The van der Waals surface area contributed by atoms with E-state index in [9.17, 15) is 30.3 Å². The van der Waals surface area contributed by atoms with E-state index >= 15 is 0 Å². The smallest absolute Gasteiger partial charge is 0.291 e. The van der Waals surface area contributed by atoms with Crippen LogP contribution in [0.4, 0.5) is 17.1 Å². The van der Waals surface area contributed by atoms with Crippen LogP contribution in [0.25, 0.3) is 0 Å². The standard InChI is InChI=1S/C9H11NO4.C8H8ClNO4.C7H7NO3/c1-7-3-4-8(14-6-13-2)5-9(7)10(11)12;1-13-5-14-6-2-3-7(9)8(4-6)10(11)12;1-5-2-3-6(9)4-7(5)8(10)11/h3-5H,6H2,1-2H3;2-4H,5H2,1H3;2-4,9H,1H3. The van der Waals surface area contributed by atoms with Crippen molar-refractivity contribution in [2.24, 2.45) is 0 Å². The third-order valence-corrected chi connectivity index (χ3v) is 4.89. The Morgan fingerprint density at radius 1 is 0.692 bits per heavy atom. The lowest BCUT2D eigenvalue weighted by molar-refractivity contribution is -0.385. The van der Waals surface area contributed by atoms with Gasteiger partial charge in [-0.05, 0) is 50.2 Å². The minimum atomic E-state index is -0.567. The molecule has 0 amide bonds. The Labute approximate surface area is 227 Å². The Bertz CT molecular complexity index is 1220. The van der Waals surface area contributed by atoms with Crippen molar-refractivity contribution < 1.29 is 38.8 Å². The number of nitro groups is 3. The average Bonchev–Trinajstić information content (AvgIpc) is 2.89. The van der Waals surface area contributed by atoms with Crippen molar-refractivity contribution in [2.45, 2.75) is 13.8 Å². The summed E-state index contributed by atoms with van der Waals surface area (Å²) in [5.74, 6) is 0.703. The summed E-state index contributed by atoms with van der Waals surface area (Å²) in [6, 6.07) is 12.9. The average molecular weight is 568 g/mol. The fourth-order valence-electron chi connectivity index (χ4n) is 2.65. The maximum Gasteiger partial charge on any atom is 0.291 e. The summed E-state index contributed by atoms with van der Waals surface area (Å²) in [6.45, 7) is 3.43. The fraction of sp³-hybridized carbons (Fsp3) is 0.250. The Hall–Kier alpha value is -4.53. The van der Waals surface area contributed by atoms with Crippen molar-refractivity contribution in [2.75, 3.05) is 27.8 Å². The first-order chi connectivity index (χ1) is 18.4. The van der Waals surface area contributed by atoms with E-state index in [0.717, 1.165) is 6.07 Å². The molecule has 0 unspecified atom stereocenters. The first kappa shape index (κ1) is 32.5. The number of aromatic hydroxyl groups is 1. The fourth-order valence-corrected chi connectivity index (χ4v) is 2.83. The van der Waals surface area contributed by atoms with Crippen LogP contribution in [0, 0.1) is 44.2 Å². The van der Waals surface area contributed by atoms with Crippen LogP contribution in [-0.4, -0.2) is 47.7 Å². The third-order valence-electron chi connectivity index (χ3n) is 4.57. The Morgan fingerprint density at radius 2 is 1.10 bits per heavy atom. The van der Waals surface area contributed by atoms with Gasteiger partial charge in [0.15, 0.2) is 13.6 Å². The molecule has 3 aromatic carbocycles. The molecule has 0 bridgehead atoms. The molecular formula is C24H26ClN3O11. The number of benzene rings is 3. The largest absolute Gasteiger partial charge is 0.508 e. The van der Waals surface area contributed by atoms with Crippen LogP contribution < -0.4 is 9.47 Å². The maximum atomic E-state index is 10.6. The van der Waals surface area contributed by atoms with Crippen LogP contribution in [0.1, 0.15) is 11.1 Å². The molecule has 0 radical (unpaired) electrons. The van der Waals surface area contributed by atoms with Gasteiger partial charge in [0, 0.05) is 25.3 Å². The van der Waals surface area contributed by atoms with Crippen molar-refractivity contribution >= 4 is 28.7 Å². The highest BCUT2D eigenvalue weighted by atomic mass is 35.5. The number of hydrogen-bond acceptors (Lipinski definition) is 11. The van der Waals surface area contributed by atoms with Gasteiger partial charge in [0.1, 0.15) is 22.3 Å². The first-order valence-corrected chi connectivity index (χ1v) is 11.2. The zero-order valence-electron chi connectivity index (χ0n) is 21.4. The highest BCUT2D eigenvalue weighted by Gasteiger charge is 2.13. The lowest BCUT2D eigenvalue weighted by Gasteiger charge is -2.04. The van der Waals surface area contributed by atoms with E-state index < -0.39 is 14.8 Å². The zero-order chi connectivity index (χ0) is 29.5. The summed E-state index contributed by atoms with van der Waals surface area (Å²) >= 11 is 5.60. The maximum absolute atomic E-state index is 10.6. The summed E-state index contributed by atoms with van der Waals surface area (Å²) < 4.78 is 19.4. The number of phenols is 1. The molecule has 210 valence electrons. The molecule has 14 nitrogen and oxygen atoms in total. The van der Waals surface area contributed by atoms with Crippen molar-refractivity contribution in [3.63, 3.8) is 0 Å². The molecular weight excluding hydrogens is 542 g/mol.